The maximum absolute atomic E-state index is 6.26. The lowest BCUT2D eigenvalue weighted by Gasteiger charge is -2.28. The van der Waals surface area contributed by atoms with Crippen LogP contribution in [0.1, 0.15) is 25.0 Å². The fourth-order valence-corrected chi connectivity index (χ4v) is 10.7. The highest BCUT2D eigenvalue weighted by Crippen LogP contribution is 2.51. The minimum absolute atomic E-state index is 0.109. The first-order chi connectivity index (χ1) is 28.5. The number of hydrogen-bond acceptors (Lipinski definition) is 3. The van der Waals surface area contributed by atoms with Gasteiger partial charge in [0.25, 0.3) is 0 Å². The van der Waals surface area contributed by atoms with E-state index in [0.717, 1.165) is 50.1 Å². The number of fused-ring (bicyclic) bond motifs is 11. The van der Waals surface area contributed by atoms with Gasteiger partial charge in [0.1, 0.15) is 11.2 Å². The summed E-state index contributed by atoms with van der Waals surface area (Å²) in [6.07, 6.45) is 0. The summed E-state index contributed by atoms with van der Waals surface area (Å²) in [6, 6.07) is 68.9. The van der Waals surface area contributed by atoms with E-state index in [2.05, 4.69) is 195 Å². The van der Waals surface area contributed by atoms with E-state index in [-0.39, 0.29) is 5.41 Å². The smallest absolute Gasteiger partial charge is 0.136 e. The molecule has 1 aliphatic rings. The van der Waals surface area contributed by atoms with Gasteiger partial charge in [-0.1, -0.05) is 135 Å². The lowest BCUT2D eigenvalue weighted by atomic mass is 9.82. The Hall–Kier alpha value is -6.94. The van der Waals surface area contributed by atoms with Crippen LogP contribution in [0.25, 0.3) is 86.3 Å². The molecule has 3 heteroatoms. The fraction of sp³-hybridized carbons (Fsp3) is 0.0545. The molecule has 9 aromatic carbocycles. The molecule has 0 fully saturated rings. The van der Waals surface area contributed by atoms with Crippen LogP contribution in [0, 0.1) is 0 Å². The third kappa shape index (κ3) is 4.97. The van der Waals surface area contributed by atoms with Crippen molar-refractivity contribution in [3.63, 3.8) is 0 Å². The summed E-state index contributed by atoms with van der Waals surface area (Å²) in [6.45, 7) is 4.71. The van der Waals surface area contributed by atoms with E-state index < -0.39 is 0 Å². The fourth-order valence-electron chi connectivity index (χ4n) is 9.61. The van der Waals surface area contributed by atoms with Crippen molar-refractivity contribution in [1.29, 1.82) is 0 Å². The summed E-state index contributed by atoms with van der Waals surface area (Å²) in [7, 11) is 0. The summed E-state index contributed by atoms with van der Waals surface area (Å²) in [5, 5.41) is 7.55. The van der Waals surface area contributed by atoms with Crippen LogP contribution in [0.3, 0.4) is 0 Å². The van der Waals surface area contributed by atoms with Crippen LogP contribution < -0.4 is 4.90 Å². The lowest BCUT2D eigenvalue weighted by molar-refractivity contribution is 0.660. The second kappa shape index (κ2) is 12.5. The first-order valence-corrected chi connectivity index (χ1v) is 20.8. The normalized spacial score (nSPS) is 13.1. The van der Waals surface area contributed by atoms with Crippen molar-refractivity contribution in [2.24, 2.45) is 0 Å². The van der Waals surface area contributed by atoms with Gasteiger partial charge in [-0.15, -0.1) is 11.3 Å². The zero-order chi connectivity index (χ0) is 38.5. The van der Waals surface area contributed by atoms with Crippen LogP contribution in [0.4, 0.5) is 17.1 Å². The number of rotatable bonds is 5. The van der Waals surface area contributed by atoms with Gasteiger partial charge in [0, 0.05) is 53.4 Å². The Labute approximate surface area is 340 Å². The van der Waals surface area contributed by atoms with Gasteiger partial charge in [-0.25, -0.2) is 0 Å². The Balaban J connectivity index is 0.982. The van der Waals surface area contributed by atoms with E-state index >= 15 is 0 Å². The van der Waals surface area contributed by atoms with Crippen LogP contribution in [0.5, 0.6) is 0 Å². The van der Waals surface area contributed by atoms with Crippen LogP contribution >= 0.6 is 11.3 Å². The number of anilines is 3. The number of furan rings is 1. The van der Waals surface area contributed by atoms with Crippen molar-refractivity contribution < 1.29 is 4.42 Å². The Kier molecular flexibility index (Phi) is 7.18. The van der Waals surface area contributed by atoms with Gasteiger partial charge in [-0.3, -0.25) is 0 Å². The molecule has 0 saturated carbocycles. The number of benzene rings is 9. The maximum atomic E-state index is 6.26. The molecule has 2 heterocycles. The van der Waals surface area contributed by atoms with Gasteiger partial charge in [0.05, 0.1) is 0 Å². The van der Waals surface area contributed by atoms with E-state index in [1.807, 2.05) is 23.5 Å². The molecular formula is C55H37NOS. The Morgan fingerprint density at radius 1 is 0.414 bits per heavy atom. The van der Waals surface area contributed by atoms with Crippen molar-refractivity contribution in [2.45, 2.75) is 19.3 Å². The molecule has 1 aliphatic carbocycles. The molecule has 0 bridgehead atoms. The molecule has 2 nitrogen and oxygen atoms in total. The molecule has 0 radical (unpaired) electrons. The van der Waals surface area contributed by atoms with Gasteiger partial charge in [-0.05, 0) is 122 Å². The van der Waals surface area contributed by atoms with Crippen LogP contribution in [-0.4, -0.2) is 0 Å². The Morgan fingerprint density at radius 3 is 1.91 bits per heavy atom. The second-order valence-electron chi connectivity index (χ2n) is 16.1. The van der Waals surface area contributed by atoms with Gasteiger partial charge in [-0.2, -0.15) is 0 Å². The molecule has 274 valence electrons. The first kappa shape index (κ1) is 33.2. The zero-order valence-electron chi connectivity index (χ0n) is 32.2. The van der Waals surface area contributed by atoms with E-state index in [1.165, 1.54) is 64.3 Å². The second-order valence-corrected chi connectivity index (χ2v) is 17.2. The summed E-state index contributed by atoms with van der Waals surface area (Å²) < 4.78 is 8.91. The van der Waals surface area contributed by atoms with E-state index in [4.69, 9.17) is 4.42 Å². The third-order valence-electron chi connectivity index (χ3n) is 12.5. The predicted molar refractivity (Wildman–Crippen MR) is 247 cm³/mol. The molecule has 58 heavy (non-hydrogen) atoms. The first-order valence-electron chi connectivity index (χ1n) is 20.0. The molecule has 0 aliphatic heterocycles. The summed E-state index contributed by atoms with van der Waals surface area (Å²) >= 11 is 1.88. The predicted octanol–water partition coefficient (Wildman–Crippen LogP) is 16.2. The van der Waals surface area contributed by atoms with Gasteiger partial charge in [0.2, 0.25) is 0 Å². The van der Waals surface area contributed by atoms with Crippen molar-refractivity contribution in [2.75, 3.05) is 4.90 Å². The van der Waals surface area contributed by atoms with Crippen molar-refractivity contribution in [3.8, 4) is 33.4 Å². The lowest BCUT2D eigenvalue weighted by Crippen LogP contribution is -2.16. The summed E-state index contributed by atoms with van der Waals surface area (Å²) in [5.41, 5.74) is 15.2. The molecule has 0 atom stereocenters. The maximum Gasteiger partial charge on any atom is 0.136 e. The average Bonchev–Trinajstić information content (AvgIpc) is 3.91. The minimum Gasteiger partial charge on any atom is -0.456 e. The SMILES string of the molecule is CC1(C)c2ccccc2-c2ccc(N(c3ccc(-c4ccc5c(c4)oc4ccccc45)cc3)c3ccc(-c4cccc5ccc6sc7ccccc7c6c45)cc3)cc21. The molecule has 11 aromatic rings. The zero-order valence-corrected chi connectivity index (χ0v) is 33.0. The Morgan fingerprint density at radius 2 is 1.07 bits per heavy atom. The minimum atomic E-state index is -0.109. The molecule has 0 amide bonds. The van der Waals surface area contributed by atoms with E-state index in [0.29, 0.717) is 0 Å². The quantitative estimate of drug-likeness (QED) is 0.174. The molecule has 0 spiro atoms. The number of thiophene rings is 1. The topological polar surface area (TPSA) is 16.4 Å². The highest BCUT2D eigenvalue weighted by Gasteiger charge is 2.35. The van der Waals surface area contributed by atoms with Crippen LogP contribution in [-0.2, 0) is 5.41 Å². The van der Waals surface area contributed by atoms with Gasteiger partial charge in [0.15, 0.2) is 0 Å². The molecule has 2 aromatic heterocycles. The average molecular weight is 760 g/mol. The summed E-state index contributed by atoms with van der Waals surface area (Å²) in [4.78, 5) is 2.41. The number of nitrogens with zero attached hydrogens (tertiary/aromatic N) is 1. The summed E-state index contributed by atoms with van der Waals surface area (Å²) in [5.74, 6) is 0. The third-order valence-corrected chi connectivity index (χ3v) is 13.6. The molecule has 0 unspecified atom stereocenters. The van der Waals surface area contributed by atoms with Crippen molar-refractivity contribution in [1.82, 2.24) is 0 Å². The molecule has 12 rings (SSSR count). The highest BCUT2D eigenvalue weighted by atomic mass is 32.1. The molecule has 0 N–H and O–H groups in total. The van der Waals surface area contributed by atoms with Crippen molar-refractivity contribution >= 4 is 81.3 Å². The number of hydrogen-bond donors (Lipinski definition) is 0. The molecule has 0 saturated heterocycles. The molecular weight excluding hydrogens is 723 g/mol. The highest BCUT2D eigenvalue weighted by molar-refractivity contribution is 7.26. The van der Waals surface area contributed by atoms with E-state index in [1.54, 1.807) is 0 Å². The standard InChI is InChI=1S/C55H37NOS/c1-55(2)47-15-6-3-11-42(47)43-30-28-40(33-48(43)55)56(38-24-18-34(19-25-38)37-22-29-45-44-12-4-7-16-49(44)57-50(45)32-37)39-26-20-35(21-27-39)41-14-9-10-36-23-31-52-54(53(36)41)46-13-5-8-17-51(46)58-52/h3-33H,1-2H3. The Bertz CT molecular complexity index is 3420. The number of para-hydroxylation sites is 1. The van der Waals surface area contributed by atoms with Gasteiger partial charge >= 0.3 is 0 Å². The van der Waals surface area contributed by atoms with Crippen LogP contribution in [0.2, 0.25) is 0 Å². The van der Waals surface area contributed by atoms with Crippen molar-refractivity contribution in [3.05, 3.63) is 199 Å². The van der Waals surface area contributed by atoms with Crippen LogP contribution in [0.15, 0.2) is 192 Å². The largest absolute Gasteiger partial charge is 0.456 e. The van der Waals surface area contributed by atoms with Gasteiger partial charge < -0.3 is 9.32 Å². The monoisotopic (exact) mass is 759 g/mol. The van der Waals surface area contributed by atoms with E-state index in [9.17, 15) is 0 Å².